The number of hydrogen-bond acceptors (Lipinski definition) is 8. The third-order valence-corrected chi connectivity index (χ3v) is 8.39. The minimum atomic E-state index is 0.304. The van der Waals surface area contributed by atoms with Crippen molar-refractivity contribution in [2.45, 2.75) is 102 Å². The maximum absolute atomic E-state index is 6.48. The largest absolute Gasteiger partial charge is 0.488 e. The molecule has 0 amide bonds. The summed E-state index contributed by atoms with van der Waals surface area (Å²) in [5, 5.41) is 16.2. The minimum absolute atomic E-state index is 0.304. The summed E-state index contributed by atoms with van der Waals surface area (Å²) in [6.45, 7) is 12.9. The molecule has 1 aromatic carbocycles. The molecule has 8 nitrogen and oxygen atoms in total. The summed E-state index contributed by atoms with van der Waals surface area (Å²) >= 11 is 8.17. The highest BCUT2D eigenvalue weighted by molar-refractivity contribution is 8.00. The van der Waals surface area contributed by atoms with E-state index in [0.717, 1.165) is 48.1 Å². The summed E-state index contributed by atoms with van der Waals surface area (Å²) in [4.78, 5) is 9.16. The number of rotatable bonds is 11. The number of aromatic nitrogens is 4. The zero-order valence-electron chi connectivity index (χ0n) is 25.4. The molecule has 0 bridgehead atoms. The molecule has 0 atom stereocenters. The summed E-state index contributed by atoms with van der Waals surface area (Å²) in [6.07, 6.45) is 12.6. The van der Waals surface area contributed by atoms with Crippen LogP contribution in [0.15, 0.2) is 29.6 Å². The number of anilines is 4. The lowest BCUT2D eigenvalue weighted by Gasteiger charge is -2.25. The highest BCUT2D eigenvalue weighted by Gasteiger charge is 2.27. The fraction of sp³-hybridized carbons (Fsp3) is 0.581. The van der Waals surface area contributed by atoms with Crippen molar-refractivity contribution in [2.75, 3.05) is 23.7 Å². The molecule has 0 radical (unpaired) electrons. The van der Waals surface area contributed by atoms with Crippen LogP contribution in [-0.4, -0.2) is 44.2 Å². The zero-order valence-corrected chi connectivity index (χ0v) is 27.0. The van der Waals surface area contributed by atoms with Crippen molar-refractivity contribution in [2.24, 2.45) is 7.05 Å². The molecule has 2 fully saturated rings. The summed E-state index contributed by atoms with van der Waals surface area (Å²) < 4.78 is 8.14. The van der Waals surface area contributed by atoms with Gasteiger partial charge in [-0.25, -0.2) is 4.98 Å². The molecule has 0 unspecified atom stereocenters. The van der Waals surface area contributed by atoms with E-state index in [1.54, 1.807) is 22.6 Å². The average Bonchev–Trinajstić information content (AvgIpc) is 3.70. The van der Waals surface area contributed by atoms with Crippen molar-refractivity contribution in [3.05, 3.63) is 40.7 Å². The molecule has 3 N–H and O–H groups in total. The van der Waals surface area contributed by atoms with Crippen molar-refractivity contribution in [3.8, 4) is 5.75 Å². The Labute approximate surface area is 254 Å². The van der Waals surface area contributed by atoms with Gasteiger partial charge in [-0.2, -0.15) is 10.1 Å². The molecule has 224 valence electrons. The van der Waals surface area contributed by atoms with Crippen molar-refractivity contribution >= 4 is 46.5 Å². The Balaban J connectivity index is 0.000000714. The Morgan fingerprint density at radius 2 is 1.78 bits per heavy atom. The number of halogens is 1. The number of aryl methyl sites for hydroxylation is 2. The normalized spacial score (nSPS) is 15.4. The number of ether oxygens (including phenoxy) is 1. The van der Waals surface area contributed by atoms with Crippen molar-refractivity contribution < 1.29 is 4.74 Å². The molecule has 3 aromatic rings. The fourth-order valence-corrected chi connectivity index (χ4v) is 5.99. The summed E-state index contributed by atoms with van der Waals surface area (Å²) in [5.74, 6) is 2.51. The highest BCUT2D eigenvalue weighted by atomic mass is 35.5. The molecule has 0 saturated heterocycles. The first kappa shape index (κ1) is 31.4. The van der Waals surface area contributed by atoms with E-state index in [9.17, 15) is 0 Å². The SMILES string of the molecule is CCNCC.Cc1cc(Nc2ncc(Cl)c(Nc3cn(C)nc3SC(C)C)n2)c(OC2CC2)cc1C1CCCCC1. The van der Waals surface area contributed by atoms with E-state index in [4.69, 9.17) is 21.3 Å². The second kappa shape index (κ2) is 15.1. The van der Waals surface area contributed by atoms with Crippen molar-refractivity contribution in [3.63, 3.8) is 0 Å². The monoisotopic (exact) mass is 599 g/mol. The second-order valence-corrected chi connectivity index (χ2v) is 13.1. The maximum Gasteiger partial charge on any atom is 0.229 e. The highest BCUT2D eigenvalue weighted by Crippen LogP contribution is 2.41. The van der Waals surface area contributed by atoms with Gasteiger partial charge in [-0.05, 0) is 74.9 Å². The van der Waals surface area contributed by atoms with Crippen LogP contribution >= 0.6 is 23.4 Å². The van der Waals surface area contributed by atoms with Crippen molar-refractivity contribution in [1.29, 1.82) is 0 Å². The molecule has 2 aliphatic carbocycles. The molecule has 41 heavy (non-hydrogen) atoms. The Kier molecular flexibility index (Phi) is 11.6. The Morgan fingerprint density at radius 3 is 2.41 bits per heavy atom. The average molecular weight is 600 g/mol. The van der Waals surface area contributed by atoms with E-state index >= 15 is 0 Å². The van der Waals surface area contributed by atoms with E-state index in [1.165, 1.54) is 43.2 Å². The maximum atomic E-state index is 6.48. The van der Waals surface area contributed by atoms with E-state index in [2.05, 4.69) is 72.8 Å². The van der Waals surface area contributed by atoms with Gasteiger partial charge in [-0.3, -0.25) is 4.68 Å². The van der Waals surface area contributed by atoms with Gasteiger partial charge in [0.25, 0.3) is 0 Å². The van der Waals surface area contributed by atoms with Gasteiger partial charge in [0.05, 0.1) is 23.7 Å². The molecule has 10 heteroatoms. The smallest absolute Gasteiger partial charge is 0.229 e. The van der Waals surface area contributed by atoms with Gasteiger partial charge in [0.15, 0.2) is 5.82 Å². The van der Waals surface area contributed by atoms with Crippen LogP contribution in [0.5, 0.6) is 5.75 Å². The van der Waals surface area contributed by atoms with Crippen LogP contribution in [0, 0.1) is 6.92 Å². The van der Waals surface area contributed by atoms with Crippen LogP contribution in [0.3, 0.4) is 0 Å². The second-order valence-electron chi connectivity index (χ2n) is 11.1. The molecule has 2 aliphatic rings. The number of thioether (sulfide) groups is 1. The molecular formula is C31H46ClN7OS. The Morgan fingerprint density at radius 1 is 1.05 bits per heavy atom. The Hall–Kier alpha value is -2.49. The van der Waals surface area contributed by atoms with Gasteiger partial charge in [-0.15, -0.1) is 0 Å². The van der Waals surface area contributed by atoms with E-state index in [-0.39, 0.29) is 0 Å². The Bertz CT molecular complexity index is 1270. The number of benzene rings is 1. The van der Waals surface area contributed by atoms with Crippen LogP contribution in [0.2, 0.25) is 5.02 Å². The summed E-state index contributed by atoms with van der Waals surface area (Å²) in [6, 6.07) is 4.44. The number of nitrogens with one attached hydrogen (secondary N) is 3. The van der Waals surface area contributed by atoms with Gasteiger partial charge in [0, 0.05) is 18.5 Å². The molecule has 5 rings (SSSR count). The van der Waals surface area contributed by atoms with Crippen LogP contribution < -0.4 is 20.7 Å². The number of hydrogen-bond donors (Lipinski definition) is 3. The predicted octanol–water partition coefficient (Wildman–Crippen LogP) is 8.36. The lowest BCUT2D eigenvalue weighted by atomic mass is 9.82. The first-order chi connectivity index (χ1) is 19.8. The fourth-order valence-electron chi connectivity index (χ4n) is 4.99. The van der Waals surface area contributed by atoms with Gasteiger partial charge in [-0.1, -0.05) is 70.3 Å². The molecular weight excluding hydrogens is 554 g/mol. The van der Waals surface area contributed by atoms with Crippen LogP contribution in [0.25, 0.3) is 0 Å². The molecule has 2 saturated carbocycles. The lowest BCUT2D eigenvalue weighted by molar-refractivity contribution is 0.304. The lowest BCUT2D eigenvalue weighted by Crippen LogP contribution is -2.09. The summed E-state index contributed by atoms with van der Waals surface area (Å²) in [5.41, 5.74) is 4.46. The first-order valence-electron chi connectivity index (χ1n) is 15.1. The standard InChI is InChI=1S/C27H35ClN6OS.C4H11N/c1-16(2)36-26-23(15-34(4)33-26)30-25-21(28)14-29-27(32-25)31-22-12-17(3)20(18-8-6-5-7-9-18)13-24(22)35-19-10-11-19;1-3-5-4-2/h12-16,18-19H,5-11H2,1-4H3,(H2,29,30,31,32);5H,3-4H2,1-2H3. The van der Waals surface area contributed by atoms with Crippen LogP contribution in [0.4, 0.5) is 23.1 Å². The quantitative estimate of drug-likeness (QED) is 0.189. The van der Waals surface area contributed by atoms with E-state index < -0.39 is 0 Å². The summed E-state index contributed by atoms with van der Waals surface area (Å²) in [7, 11) is 1.91. The predicted molar refractivity (Wildman–Crippen MR) is 173 cm³/mol. The van der Waals surface area contributed by atoms with Gasteiger partial charge in [0.1, 0.15) is 15.8 Å². The van der Waals surface area contributed by atoms with E-state index in [1.807, 2.05) is 13.2 Å². The third kappa shape index (κ3) is 9.25. The van der Waals surface area contributed by atoms with Gasteiger partial charge < -0.3 is 20.7 Å². The van der Waals surface area contributed by atoms with E-state index in [0.29, 0.717) is 34.1 Å². The molecule has 2 heterocycles. The van der Waals surface area contributed by atoms with Crippen molar-refractivity contribution in [1.82, 2.24) is 25.1 Å². The number of nitrogens with zero attached hydrogens (tertiary/aromatic N) is 4. The first-order valence-corrected chi connectivity index (χ1v) is 16.3. The van der Waals surface area contributed by atoms with Gasteiger partial charge >= 0.3 is 0 Å². The van der Waals surface area contributed by atoms with Gasteiger partial charge in [0.2, 0.25) is 5.95 Å². The topological polar surface area (TPSA) is 88.9 Å². The minimum Gasteiger partial charge on any atom is -0.488 e. The molecule has 0 aliphatic heterocycles. The van der Waals surface area contributed by atoms with Crippen LogP contribution in [-0.2, 0) is 7.05 Å². The molecule has 0 spiro atoms. The zero-order chi connectivity index (χ0) is 29.4. The third-order valence-electron chi connectivity index (χ3n) is 7.12. The van der Waals surface area contributed by atoms with Crippen LogP contribution in [0.1, 0.15) is 89.7 Å². The molecule has 2 aromatic heterocycles.